The van der Waals surface area contributed by atoms with E-state index >= 15 is 0 Å². The molecule has 5 heteroatoms. The Morgan fingerprint density at radius 2 is 1.54 bits per heavy atom. The monoisotopic (exact) mass is 341 g/mol. The van der Waals surface area contributed by atoms with Gasteiger partial charge in [-0.05, 0) is 45.4 Å². The van der Waals surface area contributed by atoms with E-state index in [0.717, 1.165) is 45.1 Å². The van der Waals surface area contributed by atoms with Crippen LogP contribution in [0.4, 0.5) is 0 Å². The second-order valence-corrected chi connectivity index (χ2v) is 5.86. The van der Waals surface area contributed by atoms with Gasteiger partial charge in [-0.2, -0.15) is 0 Å². The van der Waals surface area contributed by atoms with Crippen molar-refractivity contribution >= 4 is 11.9 Å². The summed E-state index contributed by atoms with van der Waals surface area (Å²) >= 11 is 0. The first-order chi connectivity index (χ1) is 11.7. The molecule has 140 valence electrons. The van der Waals surface area contributed by atoms with Crippen molar-refractivity contribution in [3.63, 3.8) is 0 Å². The largest absolute Gasteiger partial charge is 0.464 e. The minimum atomic E-state index is -0.278. The number of unbranched alkanes of at least 4 members (excludes halogenated alkanes) is 7. The molecule has 0 saturated carbocycles. The number of amides is 1. The highest BCUT2D eigenvalue weighted by Crippen LogP contribution is 2.07. The number of nitrogens with one attached hydrogen (secondary N) is 1. The van der Waals surface area contributed by atoms with Crippen LogP contribution in [0, 0.1) is 0 Å². The highest BCUT2D eigenvalue weighted by Gasteiger charge is 2.00. The maximum Gasteiger partial charge on any atom is 0.332 e. The van der Waals surface area contributed by atoms with Crippen molar-refractivity contribution in [3.8, 4) is 0 Å². The zero-order valence-corrected chi connectivity index (χ0v) is 15.5. The quantitative estimate of drug-likeness (QED) is 0.264. The molecule has 0 radical (unpaired) electrons. The Hall–Kier alpha value is -1.36. The van der Waals surface area contributed by atoms with Gasteiger partial charge in [0, 0.05) is 20.1 Å². The molecule has 0 aliphatic heterocycles. The molecule has 0 heterocycles. The van der Waals surface area contributed by atoms with Crippen LogP contribution >= 0.6 is 0 Å². The topological polar surface area (TPSA) is 64.6 Å². The molecule has 5 nitrogen and oxygen atoms in total. The van der Waals surface area contributed by atoms with Crippen molar-refractivity contribution in [2.45, 2.75) is 71.6 Å². The first-order valence-electron chi connectivity index (χ1n) is 9.29. The van der Waals surface area contributed by atoms with E-state index in [-0.39, 0.29) is 18.5 Å². The molecular weight excluding hydrogens is 306 g/mol. The summed E-state index contributed by atoms with van der Waals surface area (Å²) in [5.74, 6) is -0.226. The Balaban J connectivity index is 3.15. The van der Waals surface area contributed by atoms with E-state index in [1.165, 1.54) is 19.3 Å². The average molecular weight is 341 g/mol. The van der Waals surface area contributed by atoms with Gasteiger partial charge in [0.05, 0.1) is 6.61 Å². The molecule has 0 fully saturated rings. The first-order valence-corrected chi connectivity index (χ1v) is 9.29. The maximum absolute atomic E-state index is 11.0. The van der Waals surface area contributed by atoms with Crippen LogP contribution in [0.25, 0.3) is 0 Å². The van der Waals surface area contributed by atoms with Crippen molar-refractivity contribution in [1.29, 1.82) is 0 Å². The van der Waals surface area contributed by atoms with Gasteiger partial charge in [-0.15, -0.1) is 0 Å². The number of hydrogen-bond donors (Lipinski definition) is 1. The Morgan fingerprint density at radius 1 is 0.917 bits per heavy atom. The second kappa shape index (κ2) is 18.0. The first kappa shape index (κ1) is 22.6. The third-order valence-electron chi connectivity index (χ3n) is 3.52. The molecule has 0 unspecified atom stereocenters. The fourth-order valence-electron chi connectivity index (χ4n) is 2.24. The lowest BCUT2D eigenvalue weighted by Gasteiger charge is -2.04. The second-order valence-electron chi connectivity index (χ2n) is 5.86. The van der Waals surface area contributed by atoms with E-state index in [2.05, 4.69) is 17.5 Å². The third kappa shape index (κ3) is 18.7. The van der Waals surface area contributed by atoms with Gasteiger partial charge in [-0.3, -0.25) is 4.79 Å². The summed E-state index contributed by atoms with van der Waals surface area (Å²) in [4.78, 5) is 21.7. The van der Waals surface area contributed by atoms with Crippen LogP contribution in [0.3, 0.4) is 0 Å². The highest BCUT2D eigenvalue weighted by molar-refractivity contribution is 5.72. The summed E-state index contributed by atoms with van der Waals surface area (Å²) in [6.45, 7) is 5.25. The summed E-state index contributed by atoms with van der Waals surface area (Å²) in [5, 5.41) is 2.81. The van der Waals surface area contributed by atoms with E-state index < -0.39 is 0 Å². The van der Waals surface area contributed by atoms with Crippen LogP contribution < -0.4 is 5.32 Å². The van der Waals surface area contributed by atoms with Crippen LogP contribution in [0.5, 0.6) is 0 Å². The predicted molar refractivity (Wildman–Crippen MR) is 96.8 cm³/mol. The molecule has 0 spiro atoms. The number of carbonyl (C=O) groups excluding carboxylic acids is 2. The molecule has 0 aliphatic rings. The molecular formula is C19H35NO4. The fraction of sp³-hybridized carbons (Fsp3) is 0.789. The van der Waals surface area contributed by atoms with E-state index in [1.54, 1.807) is 13.8 Å². The van der Waals surface area contributed by atoms with Crippen molar-refractivity contribution in [2.75, 3.05) is 26.4 Å². The number of carbonyl (C=O) groups is 2. The molecule has 0 aliphatic carbocycles. The molecule has 0 rings (SSSR count). The van der Waals surface area contributed by atoms with Gasteiger partial charge in [0.25, 0.3) is 0 Å². The van der Waals surface area contributed by atoms with Gasteiger partial charge in [0.2, 0.25) is 5.91 Å². The smallest absolute Gasteiger partial charge is 0.332 e. The predicted octanol–water partition coefficient (Wildman–Crippen LogP) is 3.77. The van der Waals surface area contributed by atoms with Crippen LogP contribution in [-0.4, -0.2) is 38.2 Å². The Kier molecular flexibility index (Phi) is 17.0. The van der Waals surface area contributed by atoms with E-state index in [1.807, 2.05) is 0 Å². The molecule has 0 aromatic carbocycles. The number of ether oxygens (including phenoxy) is 2. The van der Waals surface area contributed by atoms with Crippen LogP contribution in [0.2, 0.25) is 0 Å². The fourth-order valence-corrected chi connectivity index (χ4v) is 2.24. The minimum absolute atomic E-state index is 0.0519. The Labute approximate surface area is 147 Å². The number of hydrogen-bond acceptors (Lipinski definition) is 4. The summed E-state index contributed by atoms with van der Waals surface area (Å²) in [5.41, 5.74) is 0. The molecule has 0 aromatic heterocycles. The van der Waals surface area contributed by atoms with Crippen molar-refractivity contribution in [1.82, 2.24) is 5.32 Å². The number of esters is 1. The van der Waals surface area contributed by atoms with Crippen LogP contribution in [0.15, 0.2) is 12.2 Å². The Morgan fingerprint density at radius 3 is 2.21 bits per heavy atom. The maximum atomic E-state index is 11.0. The molecule has 24 heavy (non-hydrogen) atoms. The summed E-state index contributed by atoms with van der Waals surface area (Å²) in [6, 6.07) is 0. The lowest BCUT2D eigenvalue weighted by atomic mass is 10.1. The summed E-state index contributed by atoms with van der Waals surface area (Å²) < 4.78 is 10.0. The molecule has 1 N–H and O–H groups in total. The SMILES string of the molecule is CCOC(=O)COCCCCCCC/C=C\CCCCNC(C)=O. The zero-order chi connectivity index (χ0) is 17.9. The van der Waals surface area contributed by atoms with Crippen molar-refractivity contribution in [2.24, 2.45) is 0 Å². The van der Waals surface area contributed by atoms with Gasteiger partial charge in [0.1, 0.15) is 6.61 Å². The number of rotatable bonds is 16. The van der Waals surface area contributed by atoms with Gasteiger partial charge in [-0.25, -0.2) is 4.79 Å². The van der Waals surface area contributed by atoms with E-state index in [0.29, 0.717) is 13.2 Å². The minimum Gasteiger partial charge on any atom is -0.464 e. The summed E-state index contributed by atoms with van der Waals surface area (Å²) in [6.07, 6.45) is 14.8. The number of allylic oxidation sites excluding steroid dienone is 2. The molecule has 0 saturated heterocycles. The molecule has 0 aromatic rings. The lowest BCUT2D eigenvalue weighted by molar-refractivity contribution is -0.148. The summed E-state index contributed by atoms with van der Waals surface area (Å²) in [7, 11) is 0. The average Bonchev–Trinajstić information content (AvgIpc) is 2.54. The lowest BCUT2D eigenvalue weighted by Crippen LogP contribution is -2.20. The van der Waals surface area contributed by atoms with Crippen LogP contribution in [-0.2, 0) is 19.1 Å². The standard InChI is InChI=1S/C19H35NO4/c1-3-24-19(22)17-23-16-14-12-10-8-6-4-5-7-9-11-13-15-20-18(2)21/h5,7H,3-4,6,8-17H2,1-2H3,(H,20,21)/b7-5-. The van der Waals surface area contributed by atoms with Gasteiger partial charge >= 0.3 is 5.97 Å². The van der Waals surface area contributed by atoms with Gasteiger partial charge < -0.3 is 14.8 Å². The van der Waals surface area contributed by atoms with E-state index in [9.17, 15) is 9.59 Å². The molecule has 0 bridgehead atoms. The van der Waals surface area contributed by atoms with Crippen molar-refractivity contribution < 1.29 is 19.1 Å². The Bertz CT molecular complexity index is 342. The third-order valence-corrected chi connectivity index (χ3v) is 3.52. The van der Waals surface area contributed by atoms with Gasteiger partial charge in [-0.1, -0.05) is 31.4 Å². The normalized spacial score (nSPS) is 10.9. The zero-order valence-electron chi connectivity index (χ0n) is 15.5. The molecule has 0 atom stereocenters. The van der Waals surface area contributed by atoms with Crippen LogP contribution in [0.1, 0.15) is 71.6 Å². The van der Waals surface area contributed by atoms with E-state index in [4.69, 9.17) is 9.47 Å². The van der Waals surface area contributed by atoms with Gasteiger partial charge in [0.15, 0.2) is 0 Å². The van der Waals surface area contributed by atoms with Crippen molar-refractivity contribution in [3.05, 3.63) is 12.2 Å². The highest BCUT2D eigenvalue weighted by atomic mass is 16.6. The molecule has 1 amide bonds.